The third-order valence-electron chi connectivity index (χ3n) is 4.23. The molecule has 24 heavy (non-hydrogen) atoms. The fourth-order valence-corrected chi connectivity index (χ4v) is 3.11. The Bertz CT molecular complexity index is 686. The number of rotatable bonds is 3. The topological polar surface area (TPSA) is 61.5 Å². The molecule has 1 N–H and O–H groups in total. The molecule has 130 valence electrons. The second kappa shape index (κ2) is 6.34. The van der Waals surface area contributed by atoms with Gasteiger partial charge in [0.05, 0.1) is 17.1 Å². The van der Waals surface area contributed by atoms with E-state index >= 15 is 0 Å². The number of nitrogens with zero attached hydrogens (tertiary/aromatic N) is 3. The van der Waals surface area contributed by atoms with Gasteiger partial charge in [-0.25, -0.2) is 9.78 Å². The fourth-order valence-electron chi connectivity index (χ4n) is 3.11. The van der Waals surface area contributed by atoms with Gasteiger partial charge in [0.2, 0.25) is 5.95 Å². The summed E-state index contributed by atoms with van der Waals surface area (Å²) in [4.78, 5) is 24.3. The number of H-pyrrole nitrogens is 1. The van der Waals surface area contributed by atoms with Crippen molar-refractivity contribution >= 4 is 23.1 Å². The minimum absolute atomic E-state index is 0.151. The number of carbonyl (C=O) groups is 1. The first-order valence-corrected chi connectivity index (χ1v) is 8.49. The lowest BCUT2D eigenvalue weighted by Crippen LogP contribution is -2.44. The summed E-state index contributed by atoms with van der Waals surface area (Å²) in [5, 5.41) is 0. The predicted molar refractivity (Wildman–Crippen MR) is 95.3 cm³/mol. The number of aromatic nitrogens is 2. The predicted octanol–water partition coefficient (Wildman–Crippen LogP) is 3.40. The van der Waals surface area contributed by atoms with Crippen molar-refractivity contribution in [3.63, 3.8) is 0 Å². The molecule has 1 aromatic carbocycles. The number of anilines is 1. The molecule has 0 aliphatic carbocycles. The molecule has 1 atom stereocenters. The van der Waals surface area contributed by atoms with Crippen molar-refractivity contribution in [1.82, 2.24) is 14.9 Å². The van der Waals surface area contributed by atoms with E-state index in [-0.39, 0.29) is 12.1 Å². The lowest BCUT2D eigenvalue weighted by molar-refractivity contribution is 0.0231. The Morgan fingerprint density at radius 2 is 2.17 bits per heavy atom. The van der Waals surface area contributed by atoms with Gasteiger partial charge in [-0.1, -0.05) is 12.1 Å². The lowest BCUT2D eigenvalue weighted by atomic mass is 10.2. The van der Waals surface area contributed by atoms with E-state index in [2.05, 4.69) is 14.9 Å². The van der Waals surface area contributed by atoms with Gasteiger partial charge in [-0.2, -0.15) is 0 Å². The number of ether oxygens (including phenoxy) is 1. The zero-order valence-corrected chi connectivity index (χ0v) is 14.9. The normalized spacial score (nSPS) is 18.2. The van der Waals surface area contributed by atoms with Crippen LogP contribution < -0.4 is 4.90 Å². The zero-order chi connectivity index (χ0) is 17.3. The maximum absolute atomic E-state index is 12.4. The fraction of sp³-hybridized carbons (Fsp3) is 0.556. The first kappa shape index (κ1) is 16.6. The average molecular weight is 330 g/mol. The Morgan fingerprint density at radius 3 is 2.88 bits per heavy atom. The first-order chi connectivity index (χ1) is 11.3. The van der Waals surface area contributed by atoms with E-state index in [0.29, 0.717) is 0 Å². The third kappa shape index (κ3) is 3.63. The summed E-state index contributed by atoms with van der Waals surface area (Å²) < 4.78 is 5.53. The van der Waals surface area contributed by atoms with Crippen LogP contribution in [0.15, 0.2) is 24.3 Å². The molecule has 1 amide bonds. The molecule has 0 bridgehead atoms. The molecule has 3 rings (SSSR count). The molecule has 0 saturated carbocycles. The third-order valence-corrected chi connectivity index (χ3v) is 4.23. The molecule has 2 aromatic rings. The Hall–Kier alpha value is -2.24. The quantitative estimate of drug-likeness (QED) is 0.937. The van der Waals surface area contributed by atoms with Crippen LogP contribution >= 0.6 is 0 Å². The first-order valence-electron chi connectivity index (χ1n) is 8.49. The molecule has 1 saturated heterocycles. The molecule has 1 aliphatic heterocycles. The molecule has 2 heterocycles. The van der Waals surface area contributed by atoms with E-state index in [4.69, 9.17) is 4.74 Å². The van der Waals surface area contributed by atoms with Gasteiger partial charge in [0, 0.05) is 20.1 Å². The van der Waals surface area contributed by atoms with Crippen LogP contribution in [0, 0.1) is 0 Å². The number of amides is 1. The number of para-hydroxylation sites is 2. The smallest absolute Gasteiger partial charge is 0.410 e. The maximum Gasteiger partial charge on any atom is 0.410 e. The molecule has 1 fully saturated rings. The molecule has 6 heteroatoms. The van der Waals surface area contributed by atoms with Crippen LogP contribution in [0.4, 0.5) is 10.7 Å². The van der Waals surface area contributed by atoms with Crippen molar-refractivity contribution in [2.75, 3.05) is 25.0 Å². The maximum atomic E-state index is 12.4. The van der Waals surface area contributed by atoms with Gasteiger partial charge in [-0.3, -0.25) is 0 Å². The highest BCUT2D eigenvalue weighted by molar-refractivity contribution is 5.77. The molecular formula is C18H26N4O2. The van der Waals surface area contributed by atoms with Gasteiger partial charge >= 0.3 is 6.09 Å². The van der Waals surface area contributed by atoms with Crippen LogP contribution in [0.1, 0.15) is 33.6 Å². The van der Waals surface area contributed by atoms with Crippen molar-refractivity contribution in [1.29, 1.82) is 0 Å². The summed E-state index contributed by atoms with van der Waals surface area (Å²) in [5.74, 6) is 0.826. The monoisotopic (exact) mass is 330 g/mol. The van der Waals surface area contributed by atoms with Crippen LogP contribution in [0.5, 0.6) is 0 Å². The van der Waals surface area contributed by atoms with Gasteiger partial charge < -0.3 is 19.5 Å². The second-order valence-corrected chi connectivity index (χ2v) is 7.43. The summed E-state index contributed by atoms with van der Waals surface area (Å²) in [5.41, 5.74) is 1.51. The number of hydrogen-bond acceptors (Lipinski definition) is 4. The van der Waals surface area contributed by atoms with E-state index in [1.807, 2.05) is 57.0 Å². The van der Waals surface area contributed by atoms with Gasteiger partial charge in [-0.05, 0) is 45.7 Å². The van der Waals surface area contributed by atoms with E-state index in [9.17, 15) is 4.79 Å². The second-order valence-electron chi connectivity index (χ2n) is 7.43. The van der Waals surface area contributed by atoms with Crippen molar-refractivity contribution in [2.45, 2.75) is 45.3 Å². The molecule has 6 nitrogen and oxygen atoms in total. The van der Waals surface area contributed by atoms with Crippen molar-refractivity contribution in [3.8, 4) is 0 Å². The number of benzene rings is 1. The number of likely N-dealkylation sites (N-methyl/N-ethyl adjacent to an activating group) is 1. The summed E-state index contributed by atoms with van der Waals surface area (Å²) in [6.07, 6.45) is 1.78. The highest BCUT2D eigenvalue weighted by Gasteiger charge is 2.33. The van der Waals surface area contributed by atoms with Gasteiger partial charge in [-0.15, -0.1) is 0 Å². The Morgan fingerprint density at radius 1 is 1.42 bits per heavy atom. The van der Waals surface area contributed by atoms with Crippen molar-refractivity contribution in [3.05, 3.63) is 24.3 Å². The number of likely N-dealkylation sites (tertiary alicyclic amines) is 1. The standard InChI is InChI=1S/C18H26N4O2/c1-18(2,3)24-17(23)22-11-7-8-13(22)12-21(4)16-19-14-9-5-6-10-15(14)20-16/h5-6,9-10,13H,7-8,11-12H2,1-4H3,(H,19,20). The number of imidazole rings is 1. The van der Waals surface area contributed by atoms with Crippen LogP contribution in [-0.2, 0) is 4.74 Å². The summed E-state index contributed by atoms with van der Waals surface area (Å²) in [6.45, 7) is 7.19. The number of fused-ring (bicyclic) bond motifs is 1. The minimum atomic E-state index is -0.463. The van der Waals surface area contributed by atoms with Crippen LogP contribution in [0.25, 0.3) is 11.0 Å². The molecule has 1 aromatic heterocycles. The molecule has 1 unspecified atom stereocenters. The van der Waals surface area contributed by atoms with Crippen LogP contribution in [0.3, 0.4) is 0 Å². The zero-order valence-electron chi connectivity index (χ0n) is 14.9. The van der Waals surface area contributed by atoms with Crippen LogP contribution in [0.2, 0.25) is 0 Å². The Balaban J connectivity index is 1.68. The van der Waals surface area contributed by atoms with Gasteiger partial charge in [0.25, 0.3) is 0 Å². The van der Waals surface area contributed by atoms with E-state index in [0.717, 1.165) is 42.9 Å². The lowest BCUT2D eigenvalue weighted by Gasteiger charge is -2.30. The number of aromatic amines is 1. The molecule has 0 spiro atoms. The molecular weight excluding hydrogens is 304 g/mol. The summed E-state index contributed by atoms with van der Waals surface area (Å²) in [7, 11) is 2.00. The SMILES string of the molecule is CN(CC1CCCN1C(=O)OC(C)(C)C)c1nc2ccccc2[nH]1. The van der Waals surface area contributed by atoms with Gasteiger partial charge in [0.15, 0.2) is 0 Å². The Kier molecular flexibility index (Phi) is 4.39. The largest absolute Gasteiger partial charge is 0.444 e. The number of nitrogens with one attached hydrogen (secondary N) is 1. The summed E-state index contributed by atoms with van der Waals surface area (Å²) >= 11 is 0. The highest BCUT2D eigenvalue weighted by atomic mass is 16.6. The Labute approximate surface area is 142 Å². The van der Waals surface area contributed by atoms with Crippen molar-refractivity contribution < 1.29 is 9.53 Å². The van der Waals surface area contributed by atoms with E-state index < -0.39 is 5.60 Å². The van der Waals surface area contributed by atoms with Crippen molar-refractivity contribution in [2.24, 2.45) is 0 Å². The average Bonchev–Trinajstić information content (AvgIpc) is 3.11. The van der Waals surface area contributed by atoms with Crippen LogP contribution in [-0.4, -0.2) is 52.7 Å². The highest BCUT2D eigenvalue weighted by Crippen LogP contribution is 2.23. The van der Waals surface area contributed by atoms with Gasteiger partial charge in [0.1, 0.15) is 5.60 Å². The molecule has 0 radical (unpaired) electrons. The van der Waals surface area contributed by atoms with E-state index in [1.54, 1.807) is 0 Å². The van der Waals surface area contributed by atoms with E-state index in [1.165, 1.54) is 0 Å². The molecule has 1 aliphatic rings. The minimum Gasteiger partial charge on any atom is -0.444 e. The summed E-state index contributed by atoms with van der Waals surface area (Å²) in [6, 6.07) is 8.13. The number of carbonyl (C=O) groups excluding carboxylic acids is 1. The number of hydrogen-bond donors (Lipinski definition) is 1.